The van der Waals surface area contributed by atoms with Crippen molar-refractivity contribution in [3.8, 4) is 0 Å². The minimum absolute atomic E-state index is 0.276. The summed E-state index contributed by atoms with van der Waals surface area (Å²) in [6.45, 7) is 8.40. The average Bonchev–Trinajstić information content (AvgIpc) is 2.27. The molecule has 1 aromatic rings. The van der Waals surface area contributed by atoms with E-state index >= 15 is 0 Å². The lowest BCUT2D eigenvalue weighted by Gasteiger charge is -2.36. The molecule has 4 nitrogen and oxygen atoms in total. The molecule has 0 saturated carbocycles. The lowest BCUT2D eigenvalue weighted by Crippen LogP contribution is -2.39. The molecule has 1 aliphatic rings. The van der Waals surface area contributed by atoms with Crippen LogP contribution < -0.4 is 10.6 Å². The van der Waals surface area contributed by atoms with Crippen LogP contribution in [0.25, 0.3) is 0 Å². The van der Waals surface area contributed by atoms with Crippen LogP contribution in [0.15, 0.2) is 0 Å². The molecule has 0 aromatic carbocycles. The van der Waals surface area contributed by atoms with Crippen LogP contribution in [0, 0.1) is 18.8 Å². The maximum absolute atomic E-state index is 6.04. The molecule has 0 amide bonds. The fourth-order valence-corrected chi connectivity index (χ4v) is 2.44. The van der Waals surface area contributed by atoms with Gasteiger partial charge in [0, 0.05) is 13.1 Å². The van der Waals surface area contributed by atoms with E-state index in [1.165, 1.54) is 6.42 Å². The largest absolute Gasteiger partial charge is 0.394 e. The molecule has 5 heteroatoms. The van der Waals surface area contributed by atoms with Gasteiger partial charge in [-0.25, -0.2) is 4.98 Å². The van der Waals surface area contributed by atoms with Gasteiger partial charge in [-0.3, -0.25) is 0 Å². The van der Waals surface area contributed by atoms with Gasteiger partial charge in [-0.2, -0.15) is 4.98 Å². The van der Waals surface area contributed by atoms with Crippen LogP contribution >= 0.6 is 11.6 Å². The van der Waals surface area contributed by atoms with Gasteiger partial charge in [0.1, 0.15) is 0 Å². The number of rotatable bonds is 1. The third-order valence-corrected chi connectivity index (χ3v) is 3.89. The molecule has 2 heterocycles. The number of aryl methyl sites for hydroxylation is 1. The van der Waals surface area contributed by atoms with Gasteiger partial charge in [-0.05, 0) is 36.8 Å². The second kappa shape index (κ2) is 4.69. The standard InChI is InChI=1S/C12H19ClN4/c1-7-4-5-17(6-8(7)2)11-10(14)9(3)15-12(13)16-11/h7-8H,4-6,14H2,1-3H3. The lowest BCUT2D eigenvalue weighted by molar-refractivity contribution is 0.323. The quantitative estimate of drug-likeness (QED) is 0.783. The molecule has 1 saturated heterocycles. The predicted molar refractivity (Wildman–Crippen MR) is 71.3 cm³/mol. The fraction of sp³-hybridized carbons (Fsp3) is 0.667. The minimum atomic E-state index is 0.276. The van der Waals surface area contributed by atoms with Crippen molar-refractivity contribution in [2.75, 3.05) is 23.7 Å². The number of nitrogens with two attached hydrogens (primary N) is 1. The molecular formula is C12H19ClN4. The zero-order valence-electron chi connectivity index (χ0n) is 10.6. The number of nitrogens with zero attached hydrogens (tertiary/aromatic N) is 3. The summed E-state index contributed by atoms with van der Waals surface area (Å²) < 4.78 is 0. The van der Waals surface area contributed by atoms with Crippen LogP contribution in [-0.2, 0) is 0 Å². The average molecular weight is 255 g/mol. The number of hydrogen-bond donors (Lipinski definition) is 1. The van der Waals surface area contributed by atoms with Crippen LogP contribution in [0.1, 0.15) is 26.0 Å². The monoisotopic (exact) mass is 254 g/mol. The third kappa shape index (κ3) is 2.46. The first-order chi connectivity index (χ1) is 7.99. The van der Waals surface area contributed by atoms with Gasteiger partial charge < -0.3 is 10.6 Å². The number of hydrogen-bond acceptors (Lipinski definition) is 4. The van der Waals surface area contributed by atoms with Crippen molar-refractivity contribution in [2.24, 2.45) is 11.8 Å². The van der Waals surface area contributed by atoms with E-state index in [0.29, 0.717) is 11.6 Å². The van der Waals surface area contributed by atoms with Gasteiger partial charge in [-0.15, -0.1) is 0 Å². The molecule has 1 fully saturated rings. The van der Waals surface area contributed by atoms with Gasteiger partial charge in [0.2, 0.25) is 5.28 Å². The van der Waals surface area contributed by atoms with Crippen LogP contribution in [-0.4, -0.2) is 23.1 Å². The van der Waals surface area contributed by atoms with Crippen molar-refractivity contribution in [3.05, 3.63) is 11.0 Å². The predicted octanol–water partition coefficient (Wildman–Crippen LogP) is 2.50. The van der Waals surface area contributed by atoms with E-state index in [1.807, 2.05) is 6.92 Å². The van der Waals surface area contributed by atoms with Gasteiger partial charge >= 0.3 is 0 Å². The summed E-state index contributed by atoms with van der Waals surface area (Å²) in [5.74, 6) is 2.20. The van der Waals surface area contributed by atoms with E-state index in [4.69, 9.17) is 17.3 Å². The van der Waals surface area contributed by atoms with Gasteiger partial charge in [0.25, 0.3) is 0 Å². The maximum Gasteiger partial charge on any atom is 0.224 e. The van der Waals surface area contributed by atoms with Crippen LogP contribution in [0.3, 0.4) is 0 Å². The van der Waals surface area contributed by atoms with Crippen molar-refractivity contribution in [2.45, 2.75) is 27.2 Å². The zero-order valence-corrected chi connectivity index (χ0v) is 11.3. The van der Waals surface area contributed by atoms with E-state index in [0.717, 1.165) is 30.5 Å². The van der Waals surface area contributed by atoms with Gasteiger partial charge in [0.05, 0.1) is 11.4 Å². The first kappa shape index (κ1) is 12.4. The van der Waals surface area contributed by atoms with E-state index in [2.05, 4.69) is 28.7 Å². The highest BCUT2D eigenvalue weighted by Gasteiger charge is 2.25. The normalized spacial score (nSPS) is 25.1. The maximum atomic E-state index is 6.04. The van der Waals surface area contributed by atoms with E-state index in [9.17, 15) is 0 Å². The molecule has 2 unspecified atom stereocenters. The molecule has 94 valence electrons. The Labute approximate surface area is 107 Å². The molecular weight excluding hydrogens is 236 g/mol. The molecule has 0 aliphatic carbocycles. The molecule has 1 aromatic heterocycles. The Hall–Kier alpha value is -1.03. The van der Waals surface area contributed by atoms with Crippen molar-refractivity contribution in [1.29, 1.82) is 0 Å². The Bertz CT molecular complexity index is 421. The second-order valence-corrected chi connectivity index (χ2v) is 5.34. The SMILES string of the molecule is Cc1nc(Cl)nc(N2CCC(C)C(C)C2)c1N. The molecule has 0 bridgehead atoms. The highest BCUT2D eigenvalue weighted by atomic mass is 35.5. The summed E-state index contributed by atoms with van der Waals surface area (Å²) in [6.07, 6.45) is 1.17. The summed E-state index contributed by atoms with van der Waals surface area (Å²) in [5, 5.41) is 0.276. The number of anilines is 2. The van der Waals surface area contributed by atoms with Crippen molar-refractivity contribution >= 4 is 23.1 Å². The number of aromatic nitrogens is 2. The molecule has 1 aliphatic heterocycles. The summed E-state index contributed by atoms with van der Waals surface area (Å²) >= 11 is 5.90. The minimum Gasteiger partial charge on any atom is -0.394 e. The van der Waals surface area contributed by atoms with E-state index in [-0.39, 0.29) is 5.28 Å². The first-order valence-electron chi connectivity index (χ1n) is 6.03. The Morgan fingerprint density at radius 3 is 2.65 bits per heavy atom. The first-order valence-corrected chi connectivity index (χ1v) is 6.41. The summed E-state index contributed by atoms with van der Waals surface area (Å²) in [4.78, 5) is 10.6. The van der Waals surface area contributed by atoms with Crippen LogP contribution in [0.4, 0.5) is 11.5 Å². The molecule has 2 N–H and O–H groups in total. The Kier molecular flexibility index (Phi) is 3.43. The Morgan fingerprint density at radius 1 is 1.29 bits per heavy atom. The van der Waals surface area contributed by atoms with Crippen molar-refractivity contribution in [3.63, 3.8) is 0 Å². The smallest absolute Gasteiger partial charge is 0.224 e. The Morgan fingerprint density at radius 2 is 2.00 bits per heavy atom. The van der Waals surface area contributed by atoms with Gasteiger partial charge in [-0.1, -0.05) is 13.8 Å². The topological polar surface area (TPSA) is 55.0 Å². The highest BCUT2D eigenvalue weighted by molar-refractivity contribution is 6.28. The number of piperidine rings is 1. The van der Waals surface area contributed by atoms with Crippen LogP contribution in [0.5, 0.6) is 0 Å². The molecule has 0 spiro atoms. The van der Waals surface area contributed by atoms with Gasteiger partial charge in [0.15, 0.2) is 5.82 Å². The zero-order chi connectivity index (χ0) is 12.6. The second-order valence-electron chi connectivity index (χ2n) is 5.00. The highest BCUT2D eigenvalue weighted by Crippen LogP contribution is 2.30. The van der Waals surface area contributed by atoms with E-state index < -0.39 is 0 Å². The summed E-state index contributed by atoms with van der Waals surface area (Å²) in [7, 11) is 0. The molecule has 17 heavy (non-hydrogen) atoms. The Balaban J connectivity index is 2.28. The fourth-order valence-electron chi connectivity index (χ4n) is 2.23. The van der Waals surface area contributed by atoms with Crippen molar-refractivity contribution < 1.29 is 0 Å². The summed E-state index contributed by atoms with van der Waals surface area (Å²) in [5.41, 5.74) is 7.44. The number of nitrogen functional groups attached to an aromatic ring is 1. The van der Waals surface area contributed by atoms with E-state index in [1.54, 1.807) is 0 Å². The molecule has 2 atom stereocenters. The lowest BCUT2D eigenvalue weighted by atomic mass is 9.88. The molecule has 2 rings (SSSR count). The van der Waals surface area contributed by atoms with Crippen LogP contribution in [0.2, 0.25) is 5.28 Å². The number of halogens is 1. The third-order valence-electron chi connectivity index (χ3n) is 3.72. The molecule has 0 radical (unpaired) electrons. The summed E-state index contributed by atoms with van der Waals surface area (Å²) in [6, 6.07) is 0. The van der Waals surface area contributed by atoms with Crippen molar-refractivity contribution in [1.82, 2.24) is 9.97 Å².